The zero-order chi connectivity index (χ0) is 57.3. The van der Waals surface area contributed by atoms with E-state index in [0.717, 1.165) is 139 Å². The van der Waals surface area contributed by atoms with Gasteiger partial charge in [-0.05, 0) is 143 Å². The van der Waals surface area contributed by atoms with Crippen LogP contribution in [0.2, 0.25) is 0 Å². The Morgan fingerprint density at radius 2 is 0.682 bits per heavy atom. The molecule has 3 saturated heterocycles. The number of esters is 1. The van der Waals surface area contributed by atoms with Gasteiger partial charge < -0.3 is 35.7 Å². The first-order valence-corrected chi connectivity index (χ1v) is 26.7. The molecule has 0 aromatic heterocycles. The van der Waals surface area contributed by atoms with Gasteiger partial charge in [0, 0.05) is 82.7 Å². The molecule has 3 N–H and O–H groups in total. The number of hydrogen-bond donors (Lipinski definition) is 3. The van der Waals surface area contributed by atoms with Crippen molar-refractivity contribution >= 4 is 36.1 Å². The second-order valence-electron chi connectivity index (χ2n) is 18.5. The van der Waals surface area contributed by atoms with Crippen LogP contribution < -0.4 is 29.6 Å². The van der Waals surface area contributed by atoms with Gasteiger partial charge in [0.15, 0.2) is 0 Å². The van der Waals surface area contributed by atoms with Crippen molar-refractivity contribution in [2.45, 2.75) is 41.9 Å². The van der Waals surface area contributed by atoms with Crippen molar-refractivity contribution in [2.24, 2.45) is 0 Å². The Labute approximate surface area is 528 Å². The maximum atomic E-state index is 11.4. The van der Waals surface area contributed by atoms with Crippen LogP contribution in [0.4, 0.5) is 0 Å². The van der Waals surface area contributed by atoms with E-state index in [1.54, 1.807) is 72.8 Å². The van der Waals surface area contributed by atoms with Crippen molar-refractivity contribution < 1.29 is 79.6 Å². The van der Waals surface area contributed by atoms with Crippen LogP contribution in [0.15, 0.2) is 164 Å². The van der Waals surface area contributed by atoms with Crippen LogP contribution in [0, 0.1) is 35.5 Å². The summed E-state index contributed by atoms with van der Waals surface area (Å²) in [4.78, 5) is 40.2. The van der Waals surface area contributed by atoms with Crippen molar-refractivity contribution in [3.63, 3.8) is 0 Å². The Hall–Kier alpha value is -7.65. The fourth-order valence-electron chi connectivity index (χ4n) is 8.24. The Morgan fingerprint density at radius 3 is 0.918 bits per heavy atom. The van der Waals surface area contributed by atoms with E-state index in [4.69, 9.17) is 29.5 Å². The molecule has 6 aromatic carbocycles. The zero-order valence-corrected chi connectivity index (χ0v) is 49.0. The maximum Gasteiger partial charge on any atom is 1.00 e. The third-order valence-electron chi connectivity index (χ3n) is 12.8. The van der Waals surface area contributed by atoms with Gasteiger partial charge in [-0.3, -0.25) is 14.7 Å². The summed E-state index contributed by atoms with van der Waals surface area (Å²) in [6, 6.07) is 45.6. The molecular formula is C71H82N3NaO10. The number of carboxylic acids is 2. The van der Waals surface area contributed by atoms with Crippen LogP contribution in [-0.2, 0) is 38.6 Å². The van der Waals surface area contributed by atoms with E-state index in [-0.39, 0.29) is 70.4 Å². The van der Waals surface area contributed by atoms with Gasteiger partial charge >= 0.3 is 47.5 Å². The summed E-state index contributed by atoms with van der Waals surface area (Å²) in [7, 11) is 2.38. The van der Waals surface area contributed by atoms with Crippen LogP contribution in [0.25, 0.3) is 18.2 Å². The molecule has 3 heterocycles. The van der Waals surface area contributed by atoms with Crippen LogP contribution in [0.1, 0.15) is 105 Å². The van der Waals surface area contributed by atoms with Crippen LogP contribution >= 0.6 is 0 Å². The van der Waals surface area contributed by atoms with E-state index in [9.17, 15) is 14.4 Å². The summed E-state index contributed by atoms with van der Waals surface area (Å²) in [6.45, 7) is 13.7. The van der Waals surface area contributed by atoms with Gasteiger partial charge in [0.25, 0.3) is 0 Å². The van der Waals surface area contributed by atoms with Crippen LogP contribution in [0.3, 0.4) is 0 Å². The fraction of sp³-hybridized carbons (Fsp3) is 0.282. The number of aliphatic hydroxyl groups is 1. The average molecular weight is 1160 g/mol. The number of morpholine rings is 3. The first-order chi connectivity index (χ1) is 39.6. The molecule has 0 spiro atoms. The Morgan fingerprint density at radius 1 is 0.435 bits per heavy atom. The number of nitrogens with zero attached hydrogens (tertiary/aromatic N) is 3. The molecule has 13 nitrogen and oxygen atoms in total. The molecule has 3 aliphatic heterocycles. The molecule has 0 aliphatic carbocycles. The molecule has 442 valence electrons. The summed E-state index contributed by atoms with van der Waals surface area (Å²) in [5.41, 5.74) is 10.7. The van der Waals surface area contributed by atoms with E-state index in [1.807, 2.05) is 60.7 Å². The molecule has 3 fully saturated rings. The number of carbonyl (C=O) groups is 3. The Bertz CT molecular complexity index is 3040. The number of methoxy groups -OCH3 is 1. The normalized spacial score (nSPS) is 13.7. The van der Waals surface area contributed by atoms with Crippen molar-refractivity contribution in [1.82, 2.24) is 14.7 Å². The number of hydrogen-bond acceptors (Lipinski definition) is 11. The van der Waals surface area contributed by atoms with E-state index in [0.29, 0.717) is 5.56 Å². The molecule has 0 radical (unpaired) electrons. The minimum absolute atomic E-state index is 0. The molecule has 0 atom stereocenters. The zero-order valence-electron chi connectivity index (χ0n) is 48.0. The summed E-state index contributed by atoms with van der Waals surface area (Å²) < 4.78 is 20.8. The van der Waals surface area contributed by atoms with Gasteiger partial charge in [-0.25, -0.2) is 14.4 Å². The average Bonchev–Trinajstić information content (AvgIpc) is 3.73. The molecule has 85 heavy (non-hydrogen) atoms. The molecule has 0 saturated carbocycles. The second kappa shape index (κ2) is 42.2. The smallest absolute Gasteiger partial charge is 1.00 e. The number of rotatable bonds is 12. The monoisotopic (exact) mass is 1160 g/mol. The van der Waals surface area contributed by atoms with Gasteiger partial charge in [-0.1, -0.05) is 131 Å². The molecular weight excluding hydrogens is 1080 g/mol. The van der Waals surface area contributed by atoms with E-state index in [2.05, 4.69) is 103 Å². The van der Waals surface area contributed by atoms with E-state index in [1.165, 1.54) is 23.8 Å². The number of allylic oxidation sites excluding steroid dienone is 3. The van der Waals surface area contributed by atoms with Crippen molar-refractivity contribution in [1.29, 1.82) is 0 Å². The van der Waals surface area contributed by atoms with E-state index < -0.39 is 11.9 Å². The molecule has 0 unspecified atom stereocenters. The number of ether oxygens (including phenoxy) is 4. The SMILES string of the molecule is C.C.C.CO.COC(=O)c1ccc(C=CC#Cc2ccc(CN3CCOCC3)cc2)cc1.O=C(O)c1ccc(/C=C/C#Cc2ccc(CN3CCOCC3)cc2)cc1.O=C(O)c1ccc(/C=C\C#Cc2ccc(CN3CCOCC3)cc2)cc1.[H-].[Na+]. The van der Waals surface area contributed by atoms with Crippen molar-refractivity contribution in [2.75, 3.05) is 93.1 Å². The number of aromatic carboxylic acids is 2. The van der Waals surface area contributed by atoms with Crippen molar-refractivity contribution in [3.05, 3.63) is 231 Å². The molecule has 9 rings (SSSR count). The number of benzene rings is 6. The van der Waals surface area contributed by atoms with Crippen LogP contribution in [-0.4, -0.2) is 141 Å². The fourth-order valence-corrected chi connectivity index (χ4v) is 8.24. The number of carbonyl (C=O) groups excluding carboxylic acids is 1. The summed E-state index contributed by atoms with van der Waals surface area (Å²) in [5, 5.41) is 24.8. The first-order valence-electron chi connectivity index (χ1n) is 26.7. The minimum Gasteiger partial charge on any atom is -1.00 e. The quantitative estimate of drug-likeness (QED) is 0.0609. The molecule has 0 amide bonds. The van der Waals surface area contributed by atoms with Gasteiger partial charge in [0.2, 0.25) is 0 Å². The summed E-state index contributed by atoms with van der Waals surface area (Å²) in [6.07, 6.45) is 11.0. The summed E-state index contributed by atoms with van der Waals surface area (Å²) >= 11 is 0. The molecule has 3 aliphatic rings. The Kier molecular flexibility index (Phi) is 36.5. The molecule has 14 heteroatoms. The number of aliphatic hydroxyl groups excluding tert-OH is 1. The molecule has 6 aromatic rings. The second-order valence-corrected chi connectivity index (χ2v) is 18.5. The van der Waals surface area contributed by atoms with Gasteiger partial charge in [-0.2, -0.15) is 0 Å². The topological polar surface area (TPSA) is 159 Å². The predicted molar refractivity (Wildman–Crippen MR) is 339 cm³/mol. The van der Waals surface area contributed by atoms with Gasteiger partial charge in [0.1, 0.15) is 0 Å². The van der Waals surface area contributed by atoms with Gasteiger partial charge in [-0.15, -0.1) is 0 Å². The van der Waals surface area contributed by atoms with E-state index >= 15 is 0 Å². The first kappa shape index (κ1) is 73.5. The predicted octanol–water partition coefficient (Wildman–Crippen LogP) is 8.57. The van der Waals surface area contributed by atoms with Gasteiger partial charge in [0.05, 0.1) is 63.4 Å². The third kappa shape index (κ3) is 27.7. The third-order valence-corrected chi connectivity index (χ3v) is 12.8. The summed E-state index contributed by atoms with van der Waals surface area (Å²) in [5.74, 6) is 16.3. The number of carboxylic acid groups (broad SMARTS) is 2. The minimum atomic E-state index is -0.919. The van der Waals surface area contributed by atoms with Crippen LogP contribution in [0.5, 0.6) is 0 Å². The maximum absolute atomic E-state index is 11.4. The largest absolute Gasteiger partial charge is 1.00 e. The Balaban J connectivity index is 0.000000618. The van der Waals surface area contributed by atoms with Crippen molar-refractivity contribution in [3.8, 4) is 35.5 Å². The molecule has 0 bridgehead atoms. The standard InChI is InChI=1S/C23H23NO3.2C22H21NO3.CH4O.3CH4.Na.H/c1-26-23(25)22-12-10-20(11-13-22)5-3-2-4-19-6-8-21(9-7-19)18-24-14-16-27-17-15-24;2*24-22(25)21-11-9-19(10-12-21)4-2-1-3-18-5-7-20(8-6-18)17-23-13-15-26-16-14-23;1-2;;;;;/h3,5-13H,14-18H2,1H3;2*2,4-12H,13-17H2,(H,24,25);2H,1H3;3*1H4;;/q;;;;;;;+1;-1/b;4-2+;4-2-;;;;;;.